The first kappa shape index (κ1) is 18.4. The van der Waals surface area contributed by atoms with Crippen LogP contribution in [-0.4, -0.2) is 43.2 Å². The minimum Gasteiger partial charge on any atom is -0.478 e. The van der Waals surface area contributed by atoms with E-state index in [0.29, 0.717) is 21.4 Å². The van der Waals surface area contributed by atoms with Crippen LogP contribution in [0.3, 0.4) is 0 Å². The number of halogens is 2. The average Bonchev–Trinajstić information content (AvgIpc) is 2.92. The maximum Gasteiger partial charge on any atom is 0.342 e. The van der Waals surface area contributed by atoms with E-state index in [0.717, 1.165) is 0 Å². The minimum atomic E-state index is -0.972. The van der Waals surface area contributed by atoms with Crippen LogP contribution in [0.2, 0.25) is 0 Å². The SMILES string of the molecule is CCOC(=O)c1cn(C)nc1Br.Cn1cc(C(=O)O)c(Br)n1. The normalized spacial score (nSPS) is 9.86. The van der Waals surface area contributed by atoms with Gasteiger partial charge in [0.1, 0.15) is 20.3 Å². The number of carbonyl (C=O) groups is 2. The van der Waals surface area contributed by atoms with Crippen LogP contribution in [0.25, 0.3) is 0 Å². The van der Waals surface area contributed by atoms with Crippen molar-refractivity contribution in [3.8, 4) is 0 Å². The molecule has 0 saturated heterocycles. The summed E-state index contributed by atoms with van der Waals surface area (Å²) in [7, 11) is 3.41. The highest BCUT2D eigenvalue weighted by Gasteiger charge is 2.13. The Morgan fingerprint density at radius 1 is 1.14 bits per heavy atom. The Labute approximate surface area is 143 Å². The number of aromatic carboxylic acids is 1. The molecule has 0 unspecified atom stereocenters. The Balaban J connectivity index is 0.000000224. The van der Waals surface area contributed by atoms with Gasteiger partial charge in [-0.2, -0.15) is 10.2 Å². The fraction of sp³-hybridized carbons (Fsp3) is 0.333. The van der Waals surface area contributed by atoms with Gasteiger partial charge in [-0.05, 0) is 38.8 Å². The predicted octanol–water partition coefficient (Wildman–Crippen LogP) is 2.24. The van der Waals surface area contributed by atoms with Gasteiger partial charge in [0.05, 0.1) is 6.61 Å². The van der Waals surface area contributed by atoms with Crippen LogP contribution in [0.4, 0.5) is 0 Å². The van der Waals surface area contributed by atoms with E-state index < -0.39 is 5.97 Å². The standard InChI is InChI=1S/C7H9BrN2O2.C5H5BrN2O2/c1-3-12-7(11)5-4-10(2)9-6(5)8;1-8-2-3(5(9)10)4(6)7-8/h4H,3H2,1-2H3;2H,1H3,(H,9,10). The molecular weight excluding hydrogens is 424 g/mol. The molecule has 8 nitrogen and oxygen atoms in total. The van der Waals surface area contributed by atoms with Crippen molar-refractivity contribution in [1.29, 1.82) is 0 Å². The van der Waals surface area contributed by atoms with Crippen molar-refractivity contribution in [2.75, 3.05) is 6.61 Å². The largest absolute Gasteiger partial charge is 0.478 e. The summed E-state index contributed by atoms with van der Waals surface area (Å²) in [5.41, 5.74) is 0.641. The van der Waals surface area contributed by atoms with Gasteiger partial charge in [0, 0.05) is 26.5 Å². The van der Waals surface area contributed by atoms with Gasteiger partial charge >= 0.3 is 11.9 Å². The highest BCUT2D eigenvalue weighted by atomic mass is 79.9. The van der Waals surface area contributed by atoms with Gasteiger partial charge in [-0.1, -0.05) is 0 Å². The van der Waals surface area contributed by atoms with Gasteiger partial charge in [0.25, 0.3) is 0 Å². The number of carbonyl (C=O) groups excluding carboxylic acids is 1. The molecule has 0 saturated carbocycles. The van der Waals surface area contributed by atoms with E-state index in [2.05, 4.69) is 42.1 Å². The molecule has 0 bridgehead atoms. The van der Waals surface area contributed by atoms with E-state index in [9.17, 15) is 9.59 Å². The third-order valence-corrected chi connectivity index (χ3v) is 3.46. The summed E-state index contributed by atoms with van der Waals surface area (Å²) in [6.07, 6.45) is 3.05. The molecule has 2 heterocycles. The van der Waals surface area contributed by atoms with E-state index in [1.165, 1.54) is 10.9 Å². The van der Waals surface area contributed by atoms with E-state index >= 15 is 0 Å². The summed E-state index contributed by atoms with van der Waals surface area (Å²) in [6.45, 7) is 2.14. The van der Waals surface area contributed by atoms with Crippen LogP contribution in [-0.2, 0) is 18.8 Å². The van der Waals surface area contributed by atoms with E-state index in [1.54, 1.807) is 31.9 Å². The Bertz CT molecular complexity index is 681. The Morgan fingerprint density at radius 2 is 1.59 bits per heavy atom. The highest BCUT2D eigenvalue weighted by Crippen LogP contribution is 2.14. The van der Waals surface area contributed by atoms with E-state index in [4.69, 9.17) is 9.84 Å². The molecule has 0 aromatic carbocycles. The molecule has 0 aliphatic carbocycles. The monoisotopic (exact) mass is 436 g/mol. The minimum absolute atomic E-state index is 0.183. The maximum absolute atomic E-state index is 11.2. The maximum atomic E-state index is 11.2. The lowest BCUT2D eigenvalue weighted by molar-refractivity contribution is 0.0524. The van der Waals surface area contributed by atoms with Gasteiger partial charge in [-0.15, -0.1) is 0 Å². The summed E-state index contributed by atoms with van der Waals surface area (Å²) in [5, 5.41) is 16.2. The molecule has 0 fully saturated rings. The van der Waals surface area contributed by atoms with E-state index in [1.807, 2.05) is 0 Å². The molecular formula is C12H14Br2N4O4. The second-order valence-electron chi connectivity index (χ2n) is 4.04. The summed E-state index contributed by atoms with van der Waals surface area (Å²) >= 11 is 6.16. The fourth-order valence-electron chi connectivity index (χ4n) is 1.41. The summed E-state index contributed by atoms with van der Waals surface area (Å²) in [4.78, 5) is 21.5. The molecule has 0 aliphatic heterocycles. The number of carboxylic acid groups (broad SMARTS) is 1. The van der Waals surface area contributed by atoms with Crippen molar-refractivity contribution < 1.29 is 19.4 Å². The molecule has 0 radical (unpaired) electrons. The lowest BCUT2D eigenvalue weighted by atomic mass is 10.4. The summed E-state index contributed by atoms with van der Waals surface area (Å²) in [6, 6.07) is 0. The molecule has 10 heteroatoms. The second kappa shape index (κ2) is 8.08. The Morgan fingerprint density at radius 3 is 1.86 bits per heavy atom. The molecule has 0 atom stereocenters. The molecule has 0 aliphatic rings. The molecule has 2 aromatic heterocycles. The molecule has 1 N–H and O–H groups in total. The van der Waals surface area contributed by atoms with Crippen molar-refractivity contribution in [2.45, 2.75) is 6.92 Å². The first-order valence-corrected chi connectivity index (χ1v) is 7.63. The van der Waals surface area contributed by atoms with Crippen LogP contribution < -0.4 is 0 Å². The van der Waals surface area contributed by atoms with Gasteiger partial charge in [0.15, 0.2) is 0 Å². The molecule has 0 spiro atoms. The van der Waals surface area contributed by atoms with Crippen molar-refractivity contribution in [3.63, 3.8) is 0 Å². The first-order chi connectivity index (χ1) is 10.3. The van der Waals surface area contributed by atoms with Crippen LogP contribution in [0, 0.1) is 0 Å². The van der Waals surface area contributed by atoms with Crippen LogP contribution in [0.15, 0.2) is 21.6 Å². The fourth-order valence-corrected chi connectivity index (χ4v) is 2.45. The van der Waals surface area contributed by atoms with Crippen molar-refractivity contribution >= 4 is 43.8 Å². The zero-order valence-corrected chi connectivity index (χ0v) is 15.3. The number of carboxylic acids is 1. The van der Waals surface area contributed by atoms with Crippen molar-refractivity contribution in [3.05, 3.63) is 32.7 Å². The highest BCUT2D eigenvalue weighted by molar-refractivity contribution is 9.10. The number of rotatable bonds is 3. The average molecular weight is 438 g/mol. The number of ether oxygens (including phenoxy) is 1. The van der Waals surface area contributed by atoms with Crippen molar-refractivity contribution in [1.82, 2.24) is 19.6 Å². The lowest BCUT2D eigenvalue weighted by Crippen LogP contribution is -2.03. The molecule has 2 rings (SSSR count). The van der Waals surface area contributed by atoms with Gasteiger partial charge < -0.3 is 9.84 Å². The summed E-state index contributed by atoms with van der Waals surface area (Å²) in [5.74, 6) is -1.32. The van der Waals surface area contributed by atoms with Gasteiger partial charge in [-0.3, -0.25) is 9.36 Å². The number of aryl methyl sites for hydroxylation is 2. The quantitative estimate of drug-likeness (QED) is 0.739. The Kier molecular flexibility index (Phi) is 6.75. The predicted molar refractivity (Wildman–Crippen MR) is 84.7 cm³/mol. The number of hydrogen-bond acceptors (Lipinski definition) is 5. The van der Waals surface area contributed by atoms with Gasteiger partial charge in [-0.25, -0.2) is 9.59 Å². The Hall–Kier alpha value is -1.68. The molecule has 120 valence electrons. The topological polar surface area (TPSA) is 99.2 Å². The number of nitrogens with zero attached hydrogens (tertiary/aromatic N) is 4. The zero-order valence-electron chi connectivity index (χ0n) is 12.1. The molecule has 0 amide bonds. The van der Waals surface area contributed by atoms with E-state index in [-0.39, 0.29) is 11.5 Å². The van der Waals surface area contributed by atoms with Crippen molar-refractivity contribution in [2.24, 2.45) is 14.1 Å². The second-order valence-corrected chi connectivity index (χ2v) is 5.54. The van der Waals surface area contributed by atoms with Crippen LogP contribution in [0.5, 0.6) is 0 Å². The first-order valence-electron chi connectivity index (χ1n) is 6.05. The third kappa shape index (κ3) is 4.95. The van der Waals surface area contributed by atoms with Gasteiger partial charge in [0.2, 0.25) is 0 Å². The number of hydrogen-bond donors (Lipinski definition) is 1. The smallest absolute Gasteiger partial charge is 0.342 e. The third-order valence-electron chi connectivity index (χ3n) is 2.29. The zero-order chi connectivity index (χ0) is 16.9. The molecule has 22 heavy (non-hydrogen) atoms. The number of aromatic nitrogens is 4. The van der Waals surface area contributed by atoms with Crippen LogP contribution in [0.1, 0.15) is 27.6 Å². The molecule has 2 aromatic rings. The van der Waals surface area contributed by atoms with Crippen LogP contribution >= 0.6 is 31.9 Å². The number of esters is 1. The lowest BCUT2D eigenvalue weighted by Gasteiger charge is -1.97. The summed E-state index contributed by atoms with van der Waals surface area (Å²) < 4.78 is 8.67.